The molecule has 0 aromatic heterocycles. The van der Waals surface area contributed by atoms with Gasteiger partial charge in [0.15, 0.2) is 4.38 Å². The normalized spacial score (nSPS) is 19.8. The van der Waals surface area contributed by atoms with Crippen molar-refractivity contribution in [3.8, 4) is 0 Å². The van der Waals surface area contributed by atoms with E-state index < -0.39 is 0 Å². The summed E-state index contributed by atoms with van der Waals surface area (Å²) in [5.74, 6) is -0.0228. The number of rotatable bonds is 1. The average Bonchev–Trinajstić information content (AvgIpc) is 2.74. The Kier molecular flexibility index (Phi) is 3.56. The number of amides is 1. The summed E-state index contributed by atoms with van der Waals surface area (Å²) in [7, 11) is 0. The highest BCUT2D eigenvalue weighted by Crippen LogP contribution is 2.41. The lowest BCUT2D eigenvalue weighted by atomic mass is 10.2. The van der Waals surface area contributed by atoms with E-state index in [0.29, 0.717) is 0 Å². The molecule has 1 aromatic rings. The first kappa shape index (κ1) is 11.5. The quantitative estimate of drug-likeness (QED) is 0.770. The molecule has 1 unspecified atom stereocenters. The minimum absolute atomic E-state index is 0.0128. The number of thioether (sulfide) groups is 2. The van der Waals surface area contributed by atoms with Gasteiger partial charge in [-0.3, -0.25) is 4.79 Å². The zero-order chi connectivity index (χ0) is 11.5. The summed E-state index contributed by atoms with van der Waals surface area (Å²) in [5.41, 5.74) is 1.11. The summed E-state index contributed by atoms with van der Waals surface area (Å²) < 4.78 is 0.934. The molecule has 0 bridgehead atoms. The average molecular weight is 252 g/mol. The molecule has 0 aliphatic carbocycles. The van der Waals surface area contributed by atoms with E-state index in [0.717, 1.165) is 9.94 Å². The van der Waals surface area contributed by atoms with E-state index >= 15 is 0 Å². The van der Waals surface area contributed by atoms with Crippen LogP contribution in [0.1, 0.15) is 17.9 Å². The Labute approximate surface area is 103 Å². The largest absolute Gasteiger partial charge is 0.273 e. The Morgan fingerprint density at radius 3 is 2.69 bits per heavy atom. The van der Waals surface area contributed by atoms with E-state index in [-0.39, 0.29) is 11.3 Å². The Morgan fingerprint density at radius 2 is 2.12 bits per heavy atom. The summed E-state index contributed by atoms with van der Waals surface area (Å²) in [6.07, 6.45) is 1.97. The van der Waals surface area contributed by atoms with Crippen LogP contribution in [0.3, 0.4) is 0 Å². The van der Waals surface area contributed by atoms with Gasteiger partial charge < -0.3 is 0 Å². The Balaban J connectivity index is 2.27. The number of hydrogen-bond donors (Lipinski definition) is 0. The Hall–Kier alpha value is -0.940. The molecule has 1 aliphatic heterocycles. The van der Waals surface area contributed by atoms with E-state index in [2.05, 4.69) is 5.10 Å². The first-order valence-corrected chi connectivity index (χ1v) is 6.97. The molecule has 1 amide bonds. The minimum atomic E-state index is -0.0228. The molecular weight excluding hydrogens is 240 g/mol. The first-order valence-electron chi connectivity index (χ1n) is 4.86. The number of hydrogen-bond acceptors (Lipinski definition) is 4. The van der Waals surface area contributed by atoms with E-state index in [1.165, 1.54) is 0 Å². The van der Waals surface area contributed by atoms with Gasteiger partial charge in [-0.1, -0.05) is 42.1 Å². The van der Waals surface area contributed by atoms with Gasteiger partial charge in [0.2, 0.25) is 5.91 Å². The van der Waals surface area contributed by atoms with Crippen LogP contribution in [0.2, 0.25) is 0 Å². The molecule has 1 aliphatic rings. The van der Waals surface area contributed by atoms with E-state index in [1.54, 1.807) is 35.5 Å². The number of nitrogens with zero attached hydrogens (tertiary/aromatic N) is 2. The molecule has 0 N–H and O–H groups in total. The Morgan fingerprint density at radius 1 is 1.44 bits per heavy atom. The van der Waals surface area contributed by atoms with Crippen molar-refractivity contribution in [2.45, 2.75) is 12.3 Å². The molecule has 1 atom stereocenters. The van der Waals surface area contributed by atoms with Crippen LogP contribution in [0.25, 0.3) is 0 Å². The van der Waals surface area contributed by atoms with Crippen LogP contribution in [0.15, 0.2) is 35.4 Å². The summed E-state index contributed by atoms with van der Waals surface area (Å²) in [6.45, 7) is 1.54. The summed E-state index contributed by atoms with van der Waals surface area (Å²) >= 11 is 3.19. The molecule has 0 radical (unpaired) electrons. The SMILES string of the molecule is CSC1=NN(C(C)=O)C(c2ccccc2)S1. The fraction of sp³-hybridized carbons (Fsp3) is 0.273. The maximum atomic E-state index is 11.5. The molecular formula is C11H12N2OS2. The van der Waals surface area contributed by atoms with Gasteiger partial charge in [0.25, 0.3) is 0 Å². The standard InChI is InChI=1S/C11H12N2OS2/c1-8(14)13-10(16-11(12-13)15-2)9-6-4-3-5-7-9/h3-7,10H,1-2H3. The van der Waals surface area contributed by atoms with Crippen LogP contribution in [0.5, 0.6) is 0 Å². The topological polar surface area (TPSA) is 32.7 Å². The third-order valence-electron chi connectivity index (χ3n) is 2.21. The number of benzene rings is 1. The predicted octanol–water partition coefficient (Wildman–Crippen LogP) is 2.91. The summed E-state index contributed by atoms with van der Waals surface area (Å²) in [4.78, 5) is 11.5. The van der Waals surface area contributed by atoms with Crippen molar-refractivity contribution in [2.24, 2.45) is 5.10 Å². The Bertz CT molecular complexity index is 419. The van der Waals surface area contributed by atoms with Crippen molar-refractivity contribution < 1.29 is 4.79 Å². The van der Waals surface area contributed by atoms with Crippen LogP contribution in [-0.4, -0.2) is 21.5 Å². The number of carbonyl (C=O) groups is 1. The van der Waals surface area contributed by atoms with Gasteiger partial charge >= 0.3 is 0 Å². The fourth-order valence-corrected chi connectivity index (χ4v) is 3.20. The van der Waals surface area contributed by atoms with E-state index in [4.69, 9.17) is 0 Å². The molecule has 1 aromatic carbocycles. The van der Waals surface area contributed by atoms with Crippen molar-refractivity contribution in [1.29, 1.82) is 0 Å². The van der Waals surface area contributed by atoms with Gasteiger partial charge in [-0.05, 0) is 11.8 Å². The molecule has 0 saturated carbocycles. The maximum Gasteiger partial charge on any atom is 0.240 e. The smallest absolute Gasteiger partial charge is 0.240 e. The second-order valence-corrected chi connectivity index (χ2v) is 5.44. The van der Waals surface area contributed by atoms with Crippen molar-refractivity contribution >= 4 is 33.8 Å². The highest BCUT2D eigenvalue weighted by Gasteiger charge is 2.30. The van der Waals surface area contributed by atoms with E-state index in [9.17, 15) is 4.79 Å². The van der Waals surface area contributed by atoms with Gasteiger partial charge in [0.05, 0.1) is 0 Å². The van der Waals surface area contributed by atoms with Crippen LogP contribution in [0.4, 0.5) is 0 Å². The fourth-order valence-electron chi connectivity index (χ4n) is 1.46. The van der Waals surface area contributed by atoms with Crippen molar-refractivity contribution in [3.63, 3.8) is 0 Å². The summed E-state index contributed by atoms with van der Waals surface area (Å²) in [5, 5.41) is 5.82. The molecule has 0 spiro atoms. The molecule has 3 nitrogen and oxygen atoms in total. The van der Waals surface area contributed by atoms with Crippen molar-refractivity contribution in [3.05, 3.63) is 35.9 Å². The zero-order valence-electron chi connectivity index (χ0n) is 9.08. The second kappa shape index (κ2) is 4.93. The lowest BCUT2D eigenvalue weighted by Gasteiger charge is -2.19. The monoisotopic (exact) mass is 252 g/mol. The van der Waals surface area contributed by atoms with Crippen molar-refractivity contribution in [2.75, 3.05) is 6.26 Å². The zero-order valence-corrected chi connectivity index (χ0v) is 10.7. The van der Waals surface area contributed by atoms with Gasteiger partial charge in [-0.2, -0.15) is 5.10 Å². The van der Waals surface area contributed by atoms with Gasteiger partial charge in [-0.25, -0.2) is 5.01 Å². The molecule has 0 fully saturated rings. The molecule has 5 heteroatoms. The highest BCUT2D eigenvalue weighted by atomic mass is 32.2. The molecule has 0 saturated heterocycles. The van der Waals surface area contributed by atoms with Crippen LogP contribution in [0, 0.1) is 0 Å². The number of carbonyl (C=O) groups excluding carboxylic acids is 1. The second-order valence-electron chi connectivity index (χ2n) is 3.31. The van der Waals surface area contributed by atoms with Gasteiger partial charge in [0, 0.05) is 6.92 Å². The maximum absolute atomic E-state index is 11.5. The van der Waals surface area contributed by atoms with Gasteiger partial charge in [-0.15, -0.1) is 11.8 Å². The summed E-state index contributed by atoms with van der Waals surface area (Å²) in [6, 6.07) is 9.97. The lowest BCUT2D eigenvalue weighted by molar-refractivity contribution is -0.129. The van der Waals surface area contributed by atoms with Crippen LogP contribution < -0.4 is 0 Å². The first-order chi connectivity index (χ1) is 7.72. The highest BCUT2D eigenvalue weighted by molar-refractivity contribution is 8.38. The number of hydrazone groups is 1. The third kappa shape index (κ3) is 2.25. The predicted molar refractivity (Wildman–Crippen MR) is 70.2 cm³/mol. The van der Waals surface area contributed by atoms with Crippen LogP contribution in [-0.2, 0) is 4.79 Å². The third-order valence-corrected chi connectivity index (χ3v) is 4.40. The molecule has 1 heterocycles. The van der Waals surface area contributed by atoms with Gasteiger partial charge in [0.1, 0.15) is 5.37 Å². The molecule has 2 rings (SSSR count). The molecule has 16 heavy (non-hydrogen) atoms. The van der Waals surface area contributed by atoms with Crippen molar-refractivity contribution in [1.82, 2.24) is 5.01 Å². The minimum Gasteiger partial charge on any atom is -0.273 e. The lowest BCUT2D eigenvalue weighted by Crippen LogP contribution is -2.22. The molecule has 84 valence electrons. The van der Waals surface area contributed by atoms with E-state index in [1.807, 2.05) is 36.6 Å². The van der Waals surface area contributed by atoms with Crippen LogP contribution >= 0.6 is 23.5 Å².